The molecule has 1 aliphatic rings. The van der Waals surface area contributed by atoms with E-state index in [1.807, 2.05) is 38.1 Å². The number of benzene rings is 2. The molecule has 1 N–H and O–H groups in total. The zero-order valence-electron chi connectivity index (χ0n) is 18.9. The highest BCUT2D eigenvalue weighted by Gasteiger charge is 2.26. The summed E-state index contributed by atoms with van der Waals surface area (Å²) in [7, 11) is -2.13. The van der Waals surface area contributed by atoms with Crippen LogP contribution in [0.3, 0.4) is 0 Å². The Balaban J connectivity index is 1.81. The number of ether oxygens (including phenoxy) is 4. The highest BCUT2D eigenvalue weighted by Crippen LogP contribution is 2.31. The summed E-state index contributed by atoms with van der Waals surface area (Å²) >= 11 is 0. The van der Waals surface area contributed by atoms with Crippen molar-refractivity contribution in [1.29, 1.82) is 0 Å². The highest BCUT2D eigenvalue weighted by molar-refractivity contribution is 7.89. The van der Waals surface area contributed by atoms with Gasteiger partial charge >= 0.3 is 0 Å². The van der Waals surface area contributed by atoms with Gasteiger partial charge in [0.1, 0.15) is 5.75 Å². The Kier molecular flexibility index (Phi) is 8.75. The minimum Gasteiger partial charge on any atom is -0.497 e. The first-order chi connectivity index (χ1) is 15.5. The van der Waals surface area contributed by atoms with Crippen molar-refractivity contribution in [3.8, 4) is 17.2 Å². The number of hydrogen-bond acceptors (Lipinski definition) is 7. The van der Waals surface area contributed by atoms with Crippen LogP contribution in [-0.2, 0) is 14.8 Å². The van der Waals surface area contributed by atoms with Gasteiger partial charge < -0.3 is 18.9 Å². The molecule has 1 fully saturated rings. The van der Waals surface area contributed by atoms with Gasteiger partial charge in [-0.15, -0.1) is 0 Å². The smallest absolute Gasteiger partial charge is 0.240 e. The molecule has 3 rings (SSSR count). The van der Waals surface area contributed by atoms with Gasteiger partial charge in [0.2, 0.25) is 10.0 Å². The summed E-state index contributed by atoms with van der Waals surface area (Å²) in [5.41, 5.74) is 1.01. The number of hydrogen-bond donors (Lipinski definition) is 1. The predicted molar refractivity (Wildman–Crippen MR) is 122 cm³/mol. The lowest BCUT2D eigenvalue weighted by Gasteiger charge is -2.35. The average molecular weight is 465 g/mol. The molecular formula is C23H32N2O6S. The van der Waals surface area contributed by atoms with Gasteiger partial charge in [-0.05, 0) is 43.7 Å². The van der Waals surface area contributed by atoms with Crippen LogP contribution < -0.4 is 18.9 Å². The summed E-state index contributed by atoms with van der Waals surface area (Å²) in [5.74, 6) is 1.70. The van der Waals surface area contributed by atoms with Gasteiger partial charge in [-0.3, -0.25) is 4.90 Å². The normalized spacial score (nSPS) is 15.8. The number of sulfonamides is 1. The van der Waals surface area contributed by atoms with Crippen molar-refractivity contribution in [2.24, 2.45) is 0 Å². The molecule has 0 amide bonds. The van der Waals surface area contributed by atoms with Gasteiger partial charge in [-0.25, -0.2) is 13.1 Å². The topological polar surface area (TPSA) is 86.3 Å². The summed E-state index contributed by atoms with van der Waals surface area (Å²) < 4.78 is 50.9. The highest BCUT2D eigenvalue weighted by atomic mass is 32.2. The van der Waals surface area contributed by atoms with Crippen LogP contribution >= 0.6 is 0 Å². The Labute approximate surface area is 190 Å². The fourth-order valence-corrected chi connectivity index (χ4v) is 4.70. The molecule has 2 aromatic carbocycles. The van der Waals surface area contributed by atoms with Gasteiger partial charge in [0.25, 0.3) is 0 Å². The van der Waals surface area contributed by atoms with Crippen molar-refractivity contribution >= 4 is 10.0 Å². The van der Waals surface area contributed by atoms with Crippen LogP contribution in [0.2, 0.25) is 0 Å². The van der Waals surface area contributed by atoms with E-state index in [-0.39, 0.29) is 17.5 Å². The maximum Gasteiger partial charge on any atom is 0.240 e. The molecule has 32 heavy (non-hydrogen) atoms. The molecule has 1 aliphatic heterocycles. The van der Waals surface area contributed by atoms with E-state index < -0.39 is 10.0 Å². The molecule has 0 radical (unpaired) electrons. The standard InChI is InChI=1S/C23H32N2O6S/c1-4-30-22-11-10-20(16-23(22)31-5-2)32(26,27)24-17-21(25-12-14-29-15-13-25)18-6-8-19(28-3)9-7-18/h6-11,16,21,24H,4-5,12-15,17H2,1-3H3. The van der Waals surface area contributed by atoms with E-state index in [2.05, 4.69) is 9.62 Å². The monoisotopic (exact) mass is 464 g/mol. The Bertz CT molecular complexity index is 959. The van der Waals surface area contributed by atoms with Crippen molar-refractivity contribution in [1.82, 2.24) is 9.62 Å². The maximum atomic E-state index is 13.1. The molecule has 9 heteroatoms. The number of nitrogens with zero attached hydrogens (tertiary/aromatic N) is 1. The van der Waals surface area contributed by atoms with E-state index in [1.54, 1.807) is 13.2 Å². The number of nitrogens with one attached hydrogen (secondary N) is 1. The first-order valence-corrected chi connectivity index (χ1v) is 12.3. The van der Waals surface area contributed by atoms with E-state index in [1.165, 1.54) is 12.1 Å². The fourth-order valence-electron chi connectivity index (χ4n) is 3.64. The molecule has 0 bridgehead atoms. The van der Waals surface area contributed by atoms with E-state index in [9.17, 15) is 8.42 Å². The van der Waals surface area contributed by atoms with Crippen molar-refractivity contribution < 1.29 is 27.4 Å². The largest absolute Gasteiger partial charge is 0.497 e. The molecule has 1 heterocycles. The summed E-state index contributed by atoms with van der Waals surface area (Å²) in [6.45, 7) is 7.52. The van der Waals surface area contributed by atoms with Crippen LogP contribution in [0.1, 0.15) is 25.5 Å². The van der Waals surface area contributed by atoms with Crippen molar-refractivity contribution in [3.05, 3.63) is 48.0 Å². The molecule has 2 aromatic rings. The lowest BCUT2D eigenvalue weighted by Crippen LogP contribution is -2.43. The average Bonchev–Trinajstić information content (AvgIpc) is 2.81. The molecule has 1 atom stereocenters. The minimum atomic E-state index is -3.76. The third kappa shape index (κ3) is 6.13. The predicted octanol–water partition coefficient (Wildman–Crippen LogP) is 2.84. The molecule has 0 spiro atoms. The van der Waals surface area contributed by atoms with Gasteiger partial charge in [-0.1, -0.05) is 12.1 Å². The molecule has 0 aliphatic carbocycles. The van der Waals surface area contributed by atoms with Gasteiger partial charge in [0, 0.05) is 31.7 Å². The molecule has 176 valence electrons. The zero-order valence-corrected chi connectivity index (χ0v) is 19.7. The van der Waals surface area contributed by atoms with Crippen LogP contribution in [-0.4, -0.2) is 66.5 Å². The Morgan fingerprint density at radius 3 is 2.28 bits per heavy atom. The molecule has 0 aromatic heterocycles. The first kappa shape index (κ1) is 24.3. The second-order valence-corrected chi connectivity index (χ2v) is 9.03. The third-order valence-electron chi connectivity index (χ3n) is 5.28. The van der Waals surface area contributed by atoms with E-state index in [0.29, 0.717) is 37.9 Å². The van der Waals surface area contributed by atoms with Crippen LogP contribution in [0.5, 0.6) is 17.2 Å². The summed E-state index contributed by atoms with van der Waals surface area (Å²) in [6, 6.07) is 12.3. The van der Waals surface area contributed by atoms with E-state index in [4.69, 9.17) is 18.9 Å². The van der Waals surface area contributed by atoms with Gasteiger partial charge in [0.15, 0.2) is 11.5 Å². The van der Waals surface area contributed by atoms with E-state index in [0.717, 1.165) is 24.4 Å². The van der Waals surface area contributed by atoms with Crippen molar-refractivity contribution in [3.63, 3.8) is 0 Å². The SMILES string of the molecule is CCOc1ccc(S(=O)(=O)NCC(c2ccc(OC)cc2)N2CCOCC2)cc1OCC. The second kappa shape index (κ2) is 11.5. The lowest BCUT2D eigenvalue weighted by molar-refractivity contribution is 0.0172. The van der Waals surface area contributed by atoms with Gasteiger partial charge in [-0.2, -0.15) is 0 Å². The number of methoxy groups -OCH3 is 1. The summed E-state index contributed by atoms with van der Waals surface area (Å²) in [5, 5.41) is 0. The Morgan fingerprint density at radius 1 is 1.00 bits per heavy atom. The third-order valence-corrected chi connectivity index (χ3v) is 6.70. The van der Waals surface area contributed by atoms with Crippen LogP contribution in [0.15, 0.2) is 47.4 Å². The van der Waals surface area contributed by atoms with Crippen LogP contribution in [0, 0.1) is 0 Å². The molecule has 1 saturated heterocycles. The molecule has 8 nitrogen and oxygen atoms in total. The van der Waals surface area contributed by atoms with E-state index >= 15 is 0 Å². The van der Waals surface area contributed by atoms with Crippen molar-refractivity contribution in [2.75, 3.05) is 53.2 Å². The maximum absolute atomic E-state index is 13.1. The minimum absolute atomic E-state index is 0.131. The summed E-state index contributed by atoms with van der Waals surface area (Å²) in [6.07, 6.45) is 0. The molecular weight excluding hydrogens is 432 g/mol. The molecule has 0 saturated carbocycles. The Morgan fingerprint density at radius 2 is 1.66 bits per heavy atom. The summed E-state index contributed by atoms with van der Waals surface area (Å²) in [4.78, 5) is 2.37. The number of morpholine rings is 1. The number of rotatable bonds is 11. The Hall–Kier alpha value is -2.33. The second-order valence-electron chi connectivity index (χ2n) is 7.26. The zero-order chi connectivity index (χ0) is 23.0. The van der Waals surface area contributed by atoms with Crippen molar-refractivity contribution in [2.45, 2.75) is 24.8 Å². The lowest BCUT2D eigenvalue weighted by atomic mass is 10.0. The fraction of sp³-hybridized carbons (Fsp3) is 0.478. The quantitative estimate of drug-likeness (QED) is 0.547. The van der Waals surface area contributed by atoms with Crippen LogP contribution in [0.4, 0.5) is 0 Å². The first-order valence-electron chi connectivity index (χ1n) is 10.8. The molecule has 1 unspecified atom stereocenters. The van der Waals surface area contributed by atoms with Crippen LogP contribution in [0.25, 0.3) is 0 Å². The van der Waals surface area contributed by atoms with Gasteiger partial charge in [0.05, 0.1) is 38.4 Å².